The molecule has 1 saturated heterocycles. The molecule has 1 aromatic heterocycles. The van der Waals surface area contributed by atoms with Crippen LogP contribution in [0.4, 0.5) is 0 Å². The Morgan fingerprint density at radius 3 is 2.64 bits per heavy atom. The minimum Gasteiger partial charge on any atom is -0.323 e. The maximum Gasteiger partial charge on any atom is 0.110 e. The van der Waals surface area contributed by atoms with E-state index in [-0.39, 0.29) is 0 Å². The Hall–Kier alpha value is -1.84. The van der Waals surface area contributed by atoms with Crippen LogP contribution in [0.1, 0.15) is 28.9 Å². The zero-order valence-corrected chi connectivity index (χ0v) is 15.6. The predicted molar refractivity (Wildman–Crippen MR) is 104 cm³/mol. The van der Waals surface area contributed by atoms with Crippen molar-refractivity contribution < 1.29 is 0 Å². The van der Waals surface area contributed by atoms with E-state index in [4.69, 9.17) is 16.6 Å². The van der Waals surface area contributed by atoms with Crippen LogP contribution in [0.25, 0.3) is 11.0 Å². The smallest absolute Gasteiger partial charge is 0.110 e. The van der Waals surface area contributed by atoms with Crippen LogP contribution in [0, 0.1) is 19.8 Å². The Morgan fingerprint density at radius 1 is 1.16 bits per heavy atom. The van der Waals surface area contributed by atoms with Gasteiger partial charge in [-0.1, -0.05) is 23.7 Å². The van der Waals surface area contributed by atoms with Gasteiger partial charge in [0.25, 0.3) is 0 Å². The summed E-state index contributed by atoms with van der Waals surface area (Å²) in [5.41, 5.74) is 6.22. The van der Waals surface area contributed by atoms with Gasteiger partial charge < -0.3 is 9.88 Å². The van der Waals surface area contributed by atoms with Gasteiger partial charge in [-0.2, -0.15) is 0 Å². The summed E-state index contributed by atoms with van der Waals surface area (Å²) >= 11 is 6.05. The number of hydrogen-bond acceptors (Lipinski definition) is 2. The van der Waals surface area contributed by atoms with E-state index in [2.05, 4.69) is 48.0 Å². The van der Waals surface area contributed by atoms with Crippen molar-refractivity contribution in [1.82, 2.24) is 14.9 Å². The summed E-state index contributed by atoms with van der Waals surface area (Å²) in [6, 6.07) is 12.6. The molecule has 130 valence electrons. The van der Waals surface area contributed by atoms with Crippen LogP contribution < -0.4 is 5.32 Å². The number of aromatic nitrogens is 2. The Balaban J connectivity index is 1.76. The monoisotopic (exact) mass is 353 g/mol. The molecule has 1 unspecified atom stereocenters. The van der Waals surface area contributed by atoms with Crippen molar-refractivity contribution in [3.05, 3.63) is 63.9 Å². The molecule has 1 atom stereocenters. The highest BCUT2D eigenvalue weighted by Crippen LogP contribution is 2.25. The maximum atomic E-state index is 6.05. The summed E-state index contributed by atoms with van der Waals surface area (Å²) < 4.78 is 2.39. The fourth-order valence-corrected chi connectivity index (χ4v) is 3.81. The summed E-state index contributed by atoms with van der Waals surface area (Å²) in [4.78, 5) is 5.00. The first-order valence-corrected chi connectivity index (χ1v) is 9.39. The molecule has 3 nitrogen and oxygen atoms in total. The number of imidazole rings is 1. The van der Waals surface area contributed by atoms with Gasteiger partial charge in [0.15, 0.2) is 0 Å². The van der Waals surface area contributed by atoms with Crippen LogP contribution >= 0.6 is 11.6 Å². The fraction of sp³-hybridized carbons (Fsp3) is 0.381. The number of benzene rings is 2. The van der Waals surface area contributed by atoms with Gasteiger partial charge in [-0.3, -0.25) is 0 Å². The summed E-state index contributed by atoms with van der Waals surface area (Å²) in [5, 5.41) is 4.25. The van der Waals surface area contributed by atoms with Gasteiger partial charge in [0.1, 0.15) is 5.82 Å². The van der Waals surface area contributed by atoms with Crippen molar-refractivity contribution >= 4 is 22.6 Å². The molecule has 0 saturated carbocycles. The minimum atomic E-state index is 0.683. The molecule has 1 aliphatic heterocycles. The highest BCUT2D eigenvalue weighted by Gasteiger charge is 2.20. The standard InChI is InChI=1S/C21H24ClN3/c1-14-9-19-20(10-15(14)2)25(13-16-3-5-18(22)6-4-16)21(24-19)11-17-7-8-23-12-17/h3-6,9-10,17,23H,7-8,11-13H2,1-2H3. The van der Waals surface area contributed by atoms with Gasteiger partial charge >= 0.3 is 0 Å². The number of aryl methyl sites for hydroxylation is 2. The van der Waals surface area contributed by atoms with E-state index < -0.39 is 0 Å². The van der Waals surface area contributed by atoms with E-state index in [1.54, 1.807) is 0 Å². The van der Waals surface area contributed by atoms with Crippen LogP contribution in [0.3, 0.4) is 0 Å². The number of halogens is 1. The normalized spacial score (nSPS) is 17.5. The molecule has 0 spiro atoms. The third kappa shape index (κ3) is 3.44. The molecule has 2 aromatic carbocycles. The molecule has 4 heteroatoms. The van der Waals surface area contributed by atoms with Crippen molar-refractivity contribution in [3.8, 4) is 0 Å². The van der Waals surface area contributed by atoms with Gasteiger partial charge in [0.2, 0.25) is 0 Å². The lowest BCUT2D eigenvalue weighted by Crippen LogP contribution is -2.14. The molecule has 4 rings (SSSR count). The van der Waals surface area contributed by atoms with Crippen LogP contribution in [0.15, 0.2) is 36.4 Å². The second-order valence-corrected chi connectivity index (χ2v) is 7.67. The molecular weight excluding hydrogens is 330 g/mol. The van der Waals surface area contributed by atoms with Crippen molar-refractivity contribution in [3.63, 3.8) is 0 Å². The summed E-state index contributed by atoms with van der Waals surface area (Å²) in [6.07, 6.45) is 2.27. The van der Waals surface area contributed by atoms with Crippen LogP contribution in [-0.2, 0) is 13.0 Å². The lowest BCUT2D eigenvalue weighted by molar-refractivity contribution is 0.546. The van der Waals surface area contributed by atoms with E-state index in [1.165, 1.54) is 34.5 Å². The Labute approximate surface area is 154 Å². The predicted octanol–water partition coefficient (Wildman–Crippen LogP) is 4.51. The molecule has 0 bridgehead atoms. The van der Waals surface area contributed by atoms with Crippen LogP contribution in [0.5, 0.6) is 0 Å². The Kier molecular flexibility index (Phi) is 4.53. The average Bonchev–Trinajstić information content (AvgIpc) is 3.20. The molecular formula is C21H24ClN3. The Bertz CT molecular complexity index is 890. The average molecular weight is 354 g/mol. The number of hydrogen-bond donors (Lipinski definition) is 1. The number of rotatable bonds is 4. The zero-order chi connectivity index (χ0) is 17.4. The number of fused-ring (bicyclic) bond motifs is 1. The molecule has 0 amide bonds. The van der Waals surface area contributed by atoms with E-state index in [9.17, 15) is 0 Å². The van der Waals surface area contributed by atoms with Gasteiger partial charge in [-0.05, 0) is 80.2 Å². The quantitative estimate of drug-likeness (QED) is 0.748. The summed E-state index contributed by atoms with van der Waals surface area (Å²) in [5.74, 6) is 1.88. The van der Waals surface area contributed by atoms with Gasteiger partial charge in [0.05, 0.1) is 11.0 Å². The first kappa shape index (κ1) is 16.6. The highest BCUT2D eigenvalue weighted by molar-refractivity contribution is 6.30. The van der Waals surface area contributed by atoms with Crippen molar-refractivity contribution in [2.75, 3.05) is 13.1 Å². The number of nitrogens with zero attached hydrogens (tertiary/aromatic N) is 2. The van der Waals surface area contributed by atoms with E-state index in [1.807, 2.05) is 12.1 Å². The van der Waals surface area contributed by atoms with Crippen LogP contribution in [-0.4, -0.2) is 22.6 Å². The Morgan fingerprint density at radius 2 is 1.92 bits per heavy atom. The molecule has 1 N–H and O–H groups in total. The lowest BCUT2D eigenvalue weighted by atomic mass is 10.0. The molecule has 1 fully saturated rings. The third-order valence-corrected chi connectivity index (χ3v) is 5.58. The SMILES string of the molecule is Cc1cc2nc(CC3CCNC3)n(Cc3ccc(Cl)cc3)c2cc1C. The zero-order valence-electron chi connectivity index (χ0n) is 14.8. The largest absolute Gasteiger partial charge is 0.323 e. The van der Waals surface area contributed by atoms with E-state index in [0.29, 0.717) is 5.92 Å². The number of nitrogens with one attached hydrogen (secondary N) is 1. The van der Waals surface area contributed by atoms with E-state index >= 15 is 0 Å². The molecule has 2 heterocycles. The first-order valence-electron chi connectivity index (χ1n) is 9.01. The van der Waals surface area contributed by atoms with Gasteiger partial charge in [-0.25, -0.2) is 4.98 Å². The maximum absolute atomic E-state index is 6.05. The lowest BCUT2D eigenvalue weighted by Gasteiger charge is -2.13. The fourth-order valence-electron chi connectivity index (χ4n) is 3.68. The molecule has 25 heavy (non-hydrogen) atoms. The van der Waals surface area contributed by atoms with Crippen molar-refractivity contribution in [1.29, 1.82) is 0 Å². The van der Waals surface area contributed by atoms with Crippen molar-refractivity contribution in [2.24, 2.45) is 5.92 Å². The van der Waals surface area contributed by atoms with E-state index in [0.717, 1.165) is 36.6 Å². The minimum absolute atomic E-state index is 0.683. The third-order valence-electron chi connectivity index (χ3n) is 5.33. The van der Waals surface area contributed by atoms with Gasteiger partial charge in [0, 0.05) is 18.0 Å². The topological polar surface area (TPSA) is 29.9 Å². The molecule has 1 aliphatic rings. The highest BCUT2D eigenvalue weighted by atomic mass is 35.5. The first-order chi connectivity index (χ1) is 12.1. The second kappa shape index (κ2) is 6.81. The van der Waals surface area contributed by atoms with Gasteiger partial charge in [-0.15, -0.1) is 0 Å². The van der Waals surface area contributed by atoms with Crippen LogP contribution in [0.2, 0.25) is 5.02 Å². The second-order valence-electron chi connectivity index (χ2n) is 7.23. The molecule has 0 aliphatic carbocycles. The molecule has 3 aromatic rings. The summed E-state index contributed by atoms with van der Waals surface area (Å²) in [7, 11) is 0. The van der Waals surface area contributed by atoms with Crippen molar-refractivity contribution in [2.45, 2.75) is 33.2 Å². The summed E-state index contributed by atoms with van der Waals surface area (Å²) in [6.45, 7) is 7.40. The molecule has 0 radical (unpaired) electrons.